The molecule has 0 amide bonds. The molecule has 0 fully saturated rings. The topological polar surface area (TPSA) is 111 Å². The van der Waals surface area contributed by atoms with E-state index < -0.39 is 24.3 Å². The van der Waals surface area contributed by atoms with Gasteiger partial charge in [0, 0.05) is 12.8 Å². The SMILES string of the molecule is CC/C=C\C/C=C\C/C=C\C/C=C\C/C=C\C/C=C\C/C=C\C/C=C\C/C=C\CCCCCCCCCCCCCCCC(=O)OC(COC(=O)CCCCCCCCC/C=C\CCCCCCCC)COC(OCC[N+](C)(C)C)C(=O)[O-]. The highest BCUT2D eigenvalue weighted by Crippen LogP contribution is 2.16. The van der Waals surface area contributed by atoms with Crippen molar-refractivity contribution in [2.45, 2.75) is 283 Å². The standard InChI is InChI=1S/C74H125NO8/c1-6-8-10-12-14-16-18-20-22-24-25-26-27-28-29-30-31-32-33-34-35-36-37-38-39-40-41-42-43-44-45-46-47-49-51-53-55-57-59-61-63-65-72(77)83-70(69-82-74(73(78)79)80-67-66-75(3,4)5)68-81-71(76)64-62-60-58-56-54-52-50-48-23-21-19-17-15-13-11-9-7-2/h8,10,14,16,20-23,25-26,28-29,31-32,34-35,37-38,40-41,70,74H,6-7,9,11-13,15,17-19,24,27,30,33,36,39,42-69H2,1-5H3/b10-8-,16-14-,22-20-,23-21-,26-25-,29-28-,32-31-,35-34-,38-37-,41-40-. The van der Waals surface area contributed by atoms with Gasteiger partial charge in [0.15, 0.2) is 12.4 Å². The number of ether oxygens (including phenoxy) is 4. The van der Waals surface area contributed by atoms with Gasteiger partial charge in [-0.25, -0.2) is 0 Å². The Kier molecular flexibility index (Phi) is 60.4. The number of carboxylic acid groups (broad SMARTS) is 1. The zero-order valence-electron chi connectivity index (χ0n) is 54.0. The van der Waals surface area contributed by atoms with Crippen LogP contribution in [-0.2, 0) is 33.3 Å². The Hall–Kier alpha value is -4.31. The molecule has 0 aliphatic rings. The Labute approximate surface area is 510 Å². The highest BCUT2D eigenvalue weighted by atomic mass is 16.7. The van der Waals surface area contributed by atoms with Crippen LogP contribution in [0.15, 0.2) is 122 Å². The van der Waals surface area contributed by atoms with Gasteiger partial charge in [0.05, 0.1) is 40.3 Å². The van der Waals surface area contributed by atoms with Crippen molar-refractivity contribution in [2.75, 3.05) is 47.5 Å². The Morgan fingerprint density at radius 3 is 1.04 bits per heavy atom. The minimum atomic E-state index is -1.63. The maximum Gasteiger partial charge on any atom is 0.306 e. The molecular formula is C74H125NO8. The zero-order chi connectivity index (χ0) is 60.5. The van der Waals surface area contributed by atoms with Crippen LogP contribution in [0.4, 0.5) is 0 Å². The molecule has 0 N–H and O–H groups in total. The number of aliphatic carboxylic acids is 1. The van der Waals surface area contributed by atoms with Crippen LogP contribution >= 0.6 is 0 Å². The van der Waals surface area contributed by atoms with Gasteiger partial charge < -0.3 is 33.3 Å². The van der Waals surface area contributed by atoms with Crippen molar-refractivity contribution in [1.82, 2.24) is 0 Å². The lowest BCUT2D eigenvalue weighted by molar-refractivity contribution is -0.870. The predicted octanol–water partition coefficient (Wildman–Crippen LogP) is 19.5. The smallest absolute Gasteiger partial charge is 0.306 e. The average Bonchev–Trinajstić information content (AvgIpc) is 3.46. The molecule has 0 radical (unpaired) electrons. The fourth-order valence-electron chi connectivity index (χ4n) is 9.05. The molecule has 0 aliphatic heterocycles. The van der Waals surface area contributed by atoms with Crippen LogP contribution in [0.3, 0.4) is 0 Å². The fourth-order valence-corrected chi connectivity index (χ4v) is 9.05. The van der Waals surface area contributed by atoms with Gasteiger partial charge in [-0.3, -0.25) is 9.59 Å². The van der Waals surface area contributed by atoms with Gasteiger partial charge in [0.25, 0.3) is 0 Å². The lowest BCUT2D eigenvalue weighted by atomic mass is 10.0. The molecule has 0 aromatic carbocycles. The van der Waals surface area contributed by atoms with E-state index in [-0.39, 0.29) is 38.6 Å². The molecule has 0 aromatic rings. The van der Waals surface area contributed by atoms with E-state index in [2.05, 4.69) is 135 Å². The van der Waals surface area contributed by atoms with E-state index in [0.29, 0.717) is 17.4 Å². The summed E-state index contributed by atoms with van der Waals surface area (Å²) in [4.78, 5) is 37.4. The number of carbonyl (C=O) groups excluding carboxylic acids is 3. The maximum absolute atomic E-state index is 12.9. The first-order valence-corrected chi connectivity index (χ1v) is 33.7. The van der Waals surface area contributed by atoms with Gasteiger partial charge in [-0.15, -0.1) is 0 Å². The van der Waals surface area contributed by atoms with Gasteiger partial charge in [-0.05, 0) is 109 Å². The van der Waals surface area contributed by atoms with E-state index in [4.69, 9.17) is 18.9 Å². The van der Waals surface area contributed by atoms with E-state index in [1.54, 1.807) is 0 Å². The molecule has 0 heterocycles. The lowest BCUT2D eigenvalue weighted by Gasteiger charge is -2.26. The van der Waals surface area contributed by atoms with Crippen molar-refractivity contribution in [3.63, 3.8) is 0 Å². The summed E-state index contributed by atoms with van der Waals surface area (Å²) >= 11 is 0. The number of allylic oxidation sites excluding steroid dienone is 20. The summed E-state index contributed by atoms with van der Waals surface area (Å²) < 4.78 is 22.7. The number of carbonyl (C=O) groups is 3. The monoisotopic (exact) mass is 1160 g/mol. The third-order valence-corrected chi connectivity index (χ3v) is 14.2. The summed E-state index contributed by atoms with van der Waals surface area (Å²) in [5.41, 5.74) is 0. The second-order valence-electron chi connectivity index (χ2n) is 23.4. The van der Waals surface area contributed by atoms with Crippen molar-refractivity contribution in [3.05, 3.63) is 122 Å². The molecule has 2 atom stereocenters. The Bertz CT molecular complexity index is 1780. The van der Waals surface area contributed by atoms with Crippen molar-refractivity contribution >= 4 is 17.9 Å². The Morgan fingerprint density at radius 2 is 0.687 bits per heavy atom. The van der Waals surface area contributed by atoms with Gasteiger partial charge in [-0.2, -0.15) is 0 Å². The van der Waals surface area contributed by atoms with Gasteiger partial charge in [-0.1, -0.05) is 270 Å². The van der Waals surface area contributed by atoms with Gasteiger partial charge in [0.2, 0.25) is 0 Å². The molecule has 9 nitrogen and oxygen atoms in total. The molecule has 0 aromatic heterocycles. The van der Waals surface area contributed by atoms with E-state index in [9.17, 15) is 19.5 Å². The molecule has 0 saturated heterocycles. The Morgan fingerprint density at radius 1 is 0.373 bits per heavy atom. The van der Waals surface area contributed by atoms with Gasteiger partial charge >= 0.3 is 11.9 Å². The molecule has 0 rings (SSSR count). The van der Waals surface area contributed by atoms with Crippen molar-refractivity contribution in [1.29, 1.82) is 0 Å². The molecule has 0 saturated carbocycles. The zero-order valence-corrected chi connectivity index (χ0v) is 54.0. The molecule has 0 bridgehead atoms. The highest BCUT2D eigenvalue weighted by molar-refractivity contribution is 5.70. The highest BCUT2D eigenvalue weighted by Gasteiger charge is 2.22. The predicted molar refractivity (Wildman–Crippen MR) is 352 cm³/mol. The number of carboxylic acids is 1. The van der Waals surface area contributed by atoms with E-state index in [1.165, 1.54) is 128 Å². The minimum Gasteiger partial charge on any atom is -0.545 e. The number of likely N-dealkylation sites (N-methyl/N-ethyl adjacent to an activating group) is 1. The molecule has 474 valence electrons. The van der Waals surface area contributed by atoms with Crippen molar-refractivity contribution in [3.8, 4) is 0 Å². The summed E-state index contributed by atoms with van der Waals surface area (Å²) in [6, 6.07) is 0. The second kappa shape index (κ2) is 63.7. The van der Waals surface area contributed by atoms with Gasteiger partial charge in [0.1, 0.15) is 13.2 Å². The average molecular weight is 1160 g/mol. The van der Waals surface area contributed by atoms with Crippen LogP contribution in [0.2, 0.25) is 0 Å². The summed E-state index contributed by atoms with van der Waals surface area (Å²) in [7, 11) is 5.92. The minimum absolute atomic E-state index is 0.143. The number of hydrogen-bond acceptors (Lipinski definition) is 8. The van der Waals surface area contributed by atoms with Crippen molar-refractivity contribution < 1.29 is 42.9 Å². The summed E-state index contributed by atoms with van der Waals surface area (Å²) in [6.07, 6.45) is 87.0. The molecule has 0 aliphatic carbocycles. The summed E-state index contributed by atoms with van der Waals surface area (Å²) in [6.45, 7) is 4.63. The molecule has 9 heteroatoms. The maximum atomic E-state index is 12.9. The molecule has 0 spiro atoms. The number of nitrogens with zero attached hydrogens (tertiary/aromatic N) is 1. The van der Waals surface area contributed by atoms with Crippen molar-refractivity contribution in [2.24, 2.45) is 0 Å². The molecular weight excluding hydrogens is 1030 g/mol. The first-order valence-electron chi connectivity index (χ1n) is 33.7. The summed E-state index contributed by atoms with van der Waals surface area (Å²) in [5, 5.41) is 11.8. The van der Waals surface area contributed by atoms with Crippen LogP contribution in [0.5, 0.6) is 0 Å². The van der Waals surface area contributed by atoms with Crippen LogP contribution in [0.1, 0.15) is 271 Å². The Balaban J connectivity index is 4.09. The lowest BCUT2D eigenvalue weighted by Crippen LogP contribution is -2.44. The van der Waals surface area contributed by atoms with Crippen LogP contribution in [0, 0.1) is 0 Å². The van der Waals surface area contributed by atoms with E-state index in [0.717, 1.165) is 109 Å². The molecule has 2 unspecified atom stereocenters. The molecule has 83 heavy (non-hydrogen) atoms. The van der Waals surface area contributed by atoms with Crippen LogP contribution in [-0.4, -0.2) is 82.3 Å². The fraction of sp³-hybridized carbons (Fsp3) is 0.689. The van der Waals surface area contributed by atoms with E-state index >= 15 is 0 Å². The number of quaternary nitrogens is 1. The van der Waals surface area contributed by atoms with Crippen LogP contribution < -0.4 is 5.11 Å². The van der Waals surface area contributed by atoms with Crippen LogP contribution in [0.25, 0.3) is 0 Å². The third-order valence-electron chi connectivity index (χ3n) is 14.2. The third kappa shape index (κ3) is 65.1. The first-order chi connectivity index (χ1) is 40.6. The number of esters is 2. The second-order valence-corrected chi connectivity index (χ2v) is 23.4. The number of rotatable bonds is 61. The number of unbranched alkanes of at least 4 members (excludes halogenated alkanes) is 26. The normalized spacial score (nSPS) is 13.5. The van der Waals surface area contributed by atoms with E-state index in [1.807, 2.05) is 21.1 Å². The number of hydrogen-bond donors (Lipinski definition) is 0. The largest absolute Gasteiger partial charge is 0.545 e. The summed E-state index contributed by atoms with van der Waals surface area (Å²) in [5.74, 6) is -2.29. The quantitative estimate of drug-likeness (QED) is 0.0195. The first kappa shape index (κ1) is 78.7.